The lowest BCUT2D eigenvalue weighted by Gasteiger charge is -2.49. The van der Waals surface area contributed by atoms with E-state index in [1.165, 1.54) is 25.9 Å². The third kappa shape index (κ3) is 3.44. The molecular formula is C17H23N3S. The Hall–Kier alpha value is -1.39. The molecule has 0 amide bonds. The fourth-order valence-corrected chi connectivity index (χ4v) is 3.77. The van der Waals surface area contributed by atoms with Gasteiger partial charge in [0.15, 0.2) is 5.11 Å². The first-order valence-corrected chi connectivity index (χ1v) is 8.13. The van der Waals surface area contributed by atoms with Crippen LogP contribution in [0.25, 0.3) is 0 Å². The van der Waals surface area contributed by atoms with Crippen molar-refractivity contribution >= 4 is 23.0 Å². The Kier molecular flexibility index (Phi) is 4.56. The van der Waals surface area contributed by atoms with Gasteiger partial charge in [0.25, 0.3) is 0 Å². The fraction of sp³-hybridized carbons (Fsp3) is 0.471. The van der Waals surface area contributed by atoms with E-state index < -0.39 is 0 Å². The average molecular weight is 301 g/mol. The molecule has 0 radical (unpaired) electrons. The van der Waals surface area contributed by atoms with Crippen LogP contribution in [0.15, 0.2) is 43.0 Å². The lowest BCUT2D eigenvalue weighted by Crippen LogP contribution is -2.56. The van der Waals surface area contributed by atoms with Crippen LogP contribution in [0.4, 0.5) is 5.69 Å². The van der Waals surface area contributed by atoms with Crippen LogP contribution >= 0.6 is 12.2 Å². The fourth-order valence-electron chi connectivity index (χ4n) is 3.57. The van der Waals surface area contributed by atoms with Gasteiger partial charge < -0.3 is 10.6 Å². The van der Waals surface area contributed by atoms with Crippen LogP contribution in [0.1, 0.15) is 12.8 Å². The summed E-state index contributed by atoms with van der Waals surface area (Å²) in [4.78, 5) is 2.59. The van der Waals surface area contributed by atoms with Crippen LogP contribution in [0, 0.1) is 11.8 Å². The number of hydrogen-bond acceptors (Lipinski definition) is 2. The lowest BCUT2D eigenvalue weighted by atomic mass is 9.76. The maximum atomic E-state index is 5.38. The summed E-state index contributed by atoms with van der Waals surface area (Å²) in [5.41, 5.74) is 1.03. The van der Waals surface area contributed by atoms with Gasteiger partial charge in [0.1, 0.15) is 0 Å². The van der Waals surface area contributed by atoms with Crippen molar-refractivity contribution in [2.75, 3.05) is 25.0 Å². The van der Waals surface area contributed by atoms with E-state index >= 15 is 0 Å². The molecule has 4 heteroatoms. The third-order valence-electron chi connectivity index (χ3n) is 4.76. The number of para-hydroxylation sites is 1. The van der Waals surface area contributed by atoms with Crippen LogP contribution in [0.5, 0.6) is 0 Å². The number of thiocarbonyl (C=S) groups is 1. The van der Waals surface area contributed by atoms with Crippen LogP contribution in [0.3, 0.4) is 0 Å². The maximum Gasteiger partial charge on any atom is 0.170 e. The molecule has 3 fully saturated rings. The third-order valence-corrected chi connectivity index (χ3v) is 5.01. The standard InChI is InChI=1S/C17H23N3S/c1-2-13-12-20-9-8-14(13)10-16(20)11-18-17(21)19-15-6-4-3-5-7-15/h2-7,13-14,16H,1,8-12H2,(H2,18,19,21)/t13-,14+,16-/m1/s1. The highest BCUT2D eigenvalue weighted by Gasteiger charge is 2.38. The zero-order valence-corrected chi connectivity index (χ0v) is 13.1. The Morgan fingerprint density at radius 3 is 2.86 bits per heavy atom. The predicted molar refractivity (Wildman–Crippen MR) is 92.4 cm³/mol. The number of benzene rings is 1. The van der Waals surface area contributed by atoms with Gasteiger partial charge in [0.2, 0.25) is 0 Å². The van der Waals surface area contributed by atoms with Crippen LogP contribution < -0.4 is 10.6 Å². The Labute approximate surface area is 132 Å². The second kappa shape index (κ2) is 6.58. The van der Waals surface area contributed by atoms with Gasteiger partial charge in [0.05, 0.1) is 0 Å². The van der Waals surface area contributed by atoms with Crippen molar-refractivity contribution in [1.29, 1.82) is 0 Å². The summed E-state index contributed by atoms with van der Waals surface area (Å²) in [6, 6.07) is 10.7. The van der Waals surface area contributed by atoms with Gasteiger partial charge >= 0.3 is 0 Å². The average Bonchev–Trinajstić information content (AvgIpc) is 2.54. The number of piperidine rings is 3. The molecule has 3 heterocycles. The number of nitrogens with one attached hydrogen (secondary N) is 2. The van der Waals surface area contributed by atoms with Crippen molar-refractivity contribution in [3.8, 4) is 0 Å². The monoisotopic (exact) mass is 301 g/mol. The molecule has 0 aliphatic carbocycles. The molecule has 0 saturated carbocycles. The molecule has 1 unspecified atom stereocenters. The second-order valence-electron chi connectivity index (χ2n) is 6.03. The highest BCUT2D eigenvalue weighted by atomic mass is 32.1. The van der Waals surface area contributed by atoms with E-state index in [1.54, 1.807) is 0 Å². The minimum absolute atomic E-state index is 0.607. The minimum atomic E-state index is 0.607. The number of nitrogens with zero attached hydrogens (tertiary/aromatic N) is 1. The molecule has 3 saturated heterocycles. The topological polar surface area (TPSA) is 27.3 Å². The Balaban J connectivity index is 1.48. The summed E-state index contributed by atoms with van der Waals surface area (Å²) in [7, 11) is 0. The van der Waals surface area contributed by atoms with Crippen molar-refractivity contribution in [2.45, 2.75) is 18.9 Å². The highest BCUT2D eigenvalue weighted by molar-refractivity contribution is 7.80. The van der Waals surface area contributed by atoms with Crippen molar-refractivity contribution in [3.63, 3.8) is 0 Å². The van der Waals surface area contributed by atoms with Crippen LogP contribution in [-0.2, 0) is 0 Å². The van der Waals surface area contributed by atoms with Gasteiger partial charge in [-0.1, -0.05) is 24.3 Å². The first kappa shape index (κ1) is 14.5. The molecule has 0 aromatic heterocycles. The normalized spacial score (nSPS) is 30.7. The van der Waals surface area contributed by atoms with E-state index in [-0.39, 0.29) is 0 Å². The molecule has 3 aliphatic heterocycles. The van der Waals surface area contributed by atoms with Gasteiger partial charge in [-0.2, -0.15) is 0 Å². The Morgan fingerprint density at radius 2 is 2.19 bits per heavy atom. The van der Waals surface area contributed by atoms with E-state index in [9.17, 15) is 0 Å². The molecule has 21 heavy (non-hydrogen) atoms. The molecule has 3 aliphatic rings. The van der Waals surface area contributed by atoms with Crippen LogP contribution in [0.2, 0.25) is 0 Å². The molecular weight excluding hydrogens is 278 g/mol. The van der Waals surface area contributed by atoms with Gasteiger partial charge in [-0.3, -0.25) is 4.90 Å². The molecule has 4 atom stereocenters. The summed E-state index contributed by atoms with van der Waals surface area (Å²) < 4.78 is 0. The zero-order chi connectivity index (χ0) is 14.7. The number of fused-ring (bicyclic) bond motifs is 3. The van der Waals surface area contributed by atoms with E-state index in [2.05, 4.69) is 28.2 Å². The predicted octanol–water partition coefficient (Wildman–Crippen LogP) is 2.87. The summed E-state index contributed by atoms with van der Waals surface area (Å²) in [6.07, 6.45) is 4.72. The number of rotatable bonds is 4. The van der Waals surface area contributed by atoms with Gasteiger partial charge in [-0.15, -0.1) is 6.58 Å². The Bertz CT molecular complexity index is 502. The maximum absolute atomic E-state index is 5.38. The molecule has 2 N–H and O–H groups in total. The van der Waals surface area contributed by atoms with E-state index in [1.807, 2.05) is 30.3 Å². The molecule has 0 spiro atoms. The zero-order valence-electron chi connectivity index (χ0n) is 12.3. The van der Waals surface area contributed by atoms with Crippen molar-refractivity contribution in [3.05, 3.63) is 43.0 Å². The first-order valence-electron chi connectivity index (χ1n) is 7.73. The van der Waals surface area contributed by atoms with Crippen LogP contribution in [-0.4, -0.2) is 35.7 Å². The first-order chi connectivity index (χ1) is 10.3. The van der Waals surface area contributed by atoms with Gasteiger partial charge in [-0.05, 0) is 55.6 Å². The van der Waals surface area contributed by atoms with Crippen molar-refractivity contribution in [1.82, 2.24) is 10.2 Å². The van der Waals surface area contributed by atoms with Gasteiger partial charge in [-0.25, -0.2) is 0 Å². The SMILES string of the molecule is C=C[C@@H]1CN2CC[C@H]1C[C@@H]2CNC(=S)Nc1ccccc1. The molecule has 3 nitrogen and oxygen atoms in total. The smallest absolute Gasteiger partial charge is 0.170 e. The number of hydrogen-bond donors (Lipinski definition) is 2. The van der Waals surface area contributed by atoms with E-state index in [0.29, 0.717) is 17.1 Å². The summed E-state index contributed by atoms with van der Waals surface area (Å²) in [5.74, 6) is 1.50. The quantitative estimate of drug-likeness (QED) is 0.660. The highest BCUT2D eigenvalue weighted by Crippen LogP contribution is 2.36. The summed E-state index contributed by atoms with van der Waals surface area (Å²) in [6.45, 7) is 7.29. The molecule has 2 bridgehead atoms. The summed E-state index contributed by atoms with van der Waals surface area (Å²) >= 11 is 5.38. The van der Waals surface area contributed by atoms with Crippen molar-refractivity contribution in [2.24, 2.45) is 11.8 Å². The molecule has 1 aromatic carbocycles. The lowest BCUT2D eigenvalue weighted by molar-refractivity contribution is 0.0215. The summed E-state index contributed by atoms with van der Waals surface area (Å²) in [5, 5.41) is 7.31. The Morgan fingerprint density at radius 1 is 1.38 bits per heavy atom. The molecule has 4 rings (SSSR count). The second-order valence-corrected chi connectivity index (χ2v) is 6.44. The van der Waals surface area contributed by atoms with E-state index in [0.717, 1.165) is 18.2 Å². The van der Waals surface area contributed by atoms with Crippen molar-refractivity contribution < 1.29 is 0 Å². The van der Waals surface area contributed by atoms with Gasteiger partial charge in [0, 0.05) is 24.8 Å². The largest absolute Gasteiger partial charge is 0.361 e. The van der Waals surface area contributed by atoms with E-state index in [4.69, 9.17) is 12.2 Å². The minimum Gasteiger partial charge on any atom is -0.361 e. The number of anilines is 1. The molecule has 112 valence electrons. The molecule has 1 aromatic rings.